The van der Waals surface area contributed by atoms with Crippen LogP contribution in [0.2, 0.25) is 0 Å². The third-order valence-corrected chi connectivity index (χ3v) is 5.88. The minimum Gasteiger partial charge on any atom is -0.326 e. The van der Waals surface area contributed by atoms with Gasteiger partial charge in [-0.15, -0.1) is 11.3 Å². The van der Waals surface area contributed by atoms with E-state index in [1.165, 1.54) is 15.8 Å². The highest BCUT2D eigenvalue weighted by molar-refractivity contribution is 7.10. The van der Waals surface area contributed by atoms with Crippen LogP contribution in [0, 0.1) is 0 Å². The molecule has 0 bridgehead atoms. The first-order chi connectivity index (χ1) is 13.7. The number of hydrogen-bond donors (Lipinski definition) is 2. The number of benzene rings is 3. The maximum Gasteiger partial charge on any atom is 0.282 e. The maximum atomic E-state index is 12.8. The number of hydrogen-bond acceptors (Lipinski definition) is 2. The van der Waals surface area contributed by atoms with Crippen LogP contribution >= 0.6 is 11.3 Å². The molecule has 0 spiro atoms. The third kappa shape index (κ3) is 4.14. The second-order valence-electron chi connectivity index (χ2n) is 6.94. The minimum atomic E-state index is -0.223. The molecule has 0 aliphatic heterocycles. The van der Waals surface area contributed by atoms with Gasteiger partial charge in [-0.3, -0.25) is 4.79 Å². The van der Waals surface area contributed by atoms with E-state index in [1.54, 1.807) is 11.3 Å². The van der Waals surface area contributed by atoms with E-state index < -0.39 is 0 Å². The second-order valence-corrected chi connectivity index (χ2v) is 7.92. The molecular formula is C24H23N2OS+. The van der Waals surface area contributed by atoms with E-state index in [1.807, 2.05) is 55.5 Å². The topological polar surface area (TPSA) is 45.7 Å². The Kier molecular flexibility index (Phi) is 5.51. The van der Waals surface area contributed by atoms with Gasteiger partial charge in [0, 0.05) is 11.3 Å². The highest BCUT2D eigenvalue weighted by Gasteiger charge is 2.25. The molecule has 140 valence electrons. The van der Waals surface area contributed by atoms with E-state index in [-0.39, 0.29) is 18.0 Å². The average molecular weight is 388 g/mol. The lowest BCUT2D eigenvalue weighted by atomic mass is 10.0. The lowest BCUT2D eigenvalue weighted by molar-refractivity contribution is -0.703. The summed E-state index contributed by atoms with van der Waals surface area (Å²) in [6.07, 6.45) is 0. The first-order valence-corrected chi connectivity index (χ1v) is 10.3. The molecule has 1 amide bonds. The molecule has 1 heterocycles. The summed E-state index contributed by atoms with van der Waals surface area (Å²) < 4.78 is 0. The van der Waals surface area contributed by atoms with Gasteiger partial charge in [-0.2, -0.15) is 0 Å². The largest absolute Gasteiger partial charge is 0.326 e. The van der Waals surface area contributed by atoms with Crippen molar-refractivity contribution in [2.45, 2.75) is 19.0 Å². The van der Waals surface area contributed by atoms with Crippen molar-refractivity contribution in [2.75, 3.05) is 5.32 Å². The van der Waals surface area contributed by atoms with Crippen molar-refractivity contribution < 1.29 is 10.1 Å². The van der Waals surface area contributed by atoms with E-state index >= 15 is 0 Å². The second kappa shape index (κ2) is 8.38. The zero-order valence-electron chi connectivity index (χ0n) is 15.7. The Morgan fingerprint density at radius 2 is 1.64 bits per heavy atom. The number of rotatable bonds is 6. The molecule has 0 radical (unpaired) electrons. The predicted molar refractivity (Wildman–Crippen MR) is 117 cm³/mol. The standard InChI is InChI=1S/C24H22N2OS/c1-17(24(27)26-21-14-13-18-8-5-6-11-20(18)16-21)25-23(22-12-7-15-28-22)19-9-3-2-4-10-19/h2-17,23,25H,1H3,(H,26,27)/p+1/t17-,23-/m1/s1. The Morgan fingerprint density at radius 1 is 0.893 bits per heavy atom. The van der Waals surface area contributed by atoms with E-state index in [0.29, 0.717) is 0 Å². The van der Waals surface area contributed by atoms with Gasteiger partial charge in [0.15, 0.2) is 6.04 Å². The van der Waals surface area contributed by atoms with Crippen molar-refractivity contribution in [1.29, 1.82) is 0 Å². The van der Waals surface area contributed by atoms with Gasteiger partial charge in [-0.25, -0.2) is 0 Å². The molecule has 0 aliphatic carbocycles. The van der Waals surface area contributed by atoms with Crippen LogP contribution in [0.4, 0.5) is 5.69 Å². The Hall–Kier alpha value is -2.95. The molecule has 3 nitrogen and oxygen atoms in total. The molecule has 2 atom stereocenters. The highest BCUT2D eigenvalue weighted by Crippen LogP contribution is 2.23. The van der Waals surface area contributed by atoms with Crippen LogP contribution in [0.15, 0.2) is 90.3 Å². The summed E-state index contributed by atoms with van der Waals surface area (Å²) in [7, 11) is 0. The maximum absolute atomic E-state index is 12.8. The van der Waals surface area contributed by atoms with Gasteiger partial charge in [0.2, 0.25) is 0 Å². The average Bonchev–Trinajstić information content (AvgIpc) is 3.27. The monoisotopic (exact) mass is 387 g/mol. The fraction of sp³-hybridized carbons (Fsp3) is 0.125. The van der Waals surface area contributed by atoms with Gasteiger partial charge >= 0.3 is 0 Å². The fourth-order valence-electron chi connectivity index (χ4n) is 3.40. The molecule has 3 N–H and O–H groups in total. The van der Waals surface area contributed by atoms with Crippen molar-refractivity contribution in [3.05, 3.63) is 101 Å². The number of carbonyl (C=O) groups is 1. The summed E-state index contributed by atoms with van der Waals surface area (Å²) in [5, 5.41) is 9.58. The molecule has 3 aromatic carbocycles. The summed E-state index contributed by atoms with van der Waals surface area (Å²) in [6.45, 7) is 1.96. The van der Waals surface area contributed by atoms with Crippen molar-refractivity contribution in [3.63, 3.8) is 0 Å². The molecule has 4 aromatic rings. The van der Waals surface area contributed by atoms with Crippen molar-refractivity contribution >= 4 is 33.7 Å². The van der Waals surface area contributed by atoms with E-state index in [9.17, 15) is 4.79 Å². The Labute approximate surface area is 169 Å². The number of fused-ring (bicyclic) bond motifs is 1. The van der Waals surface area contributed by atoms with E-state index in [0.717, 1.165) is 11.1 Å². The first-order valence-electron chi connectivity index (χ1n) is 9.44. The third-order valence-electron chi connectivity index (χ3n) is 4.92. The van der Waals surface area contributed by atoms with Crippen molar-refractivity contribution in [1.82, 2.24) is 0 Å². The molecule has 1 aromatic heterocycles. The van der Waals surface area contributed by atoms with E-state index in [2.05, 4.69) is 52.4 Å². The van der Waals surface area contributed by atoms with Crippen molar-refractivity contribution in [2.24, 2.45) is 0 Å². The molecule has 4 rings (SSSR count). The number of amides is 1. The number of nitrogens with two attached hydrogens (primary N) is 1. The summed E-state index contributed by atoms with van der Waals surface area (Å²) in [6, 6.07) is 28.6. The zero-order chi connectivity index (χ0) is 19.3. The van der Waals surface area contributed by atoms with Crippen LogP contribution in [0.25, 0.3) is 10.8 Å². The normalized spacial score (nSPS) is 13.2. The molecular weight excluding hydrogens is 364 g/mol. The van der Waals surface area contributed by atoms with Gasteiger partial charge in [-0.1, -0.05) is 66.7 Å². The molecule has 0 saturated carbocycles. The molecule has 0 fully saturated rings. The zero-order valence-corrected chi connectivity index (χ0v) is 16.5. The Balaban J connectivity index is 1.50. The summed E-state index contributed by atoms with van der Waals surface area (Å²) in [4.78, 5) is 14.1. The summed E-state index contributed by atoms with van der Waals surface area (Å²) in [5.74, 6) is 0.00719. The van der Waals surface area contributed by atoms with Gasteiger partial charge in [0.05, 0.1) is 4.88 Å². The van der Waals surface area contributed by atoms with E-state index in [4.69, 9.17) is 0 Å². The molecule has 0 saturated heterocycles. The van der Waals surface area contributed by atoms with Gasteiger partial charge < -0.3 is 10.6 Å². The van der Waals surface area contributed by atoms with Crippen LogP contribution in [-0.2, 0) is 4.79 Å². The Morgan fingerprint density at radius 3 is 2.39 bits per heavy atom. The van der Waals surface area contributed by atoms with Gasteiger partial charge in [0.25, 0.3) is 5.91 Å². The lowest BCUT2D eigenvalue weighted by Crippen LogP contribution is -2.92. The minimum absolute atomic E-state index is 0.00719. The number of anilines is 1. The lowest BCUT2D eigenvalue weighted by Gasteiger charge is -2.19. The van der Waals surface area contributed by atoms with Gasteiger partial charge in [-0.05, 0) is 41.3 Å². The summed E-state index contributed by atoms with van der Waals surface area (Å²) in [5.41, 5.74) is 2.03. The number of quaternary nitrogens is 1. The molecule has 28 heavy (non-hydrogen) atoms. The quantitative estimate of drug-likeness (QED) is 0.500. The van der Waals surface area contributed by atoms with Crippen molar-refractivity contribution in [3.8, 4) is 0 Å². The highest BCUT2D eigenvalue weighted by atomic mass is 32.1. The van der Waals surface area contributed by atoms with Gasteiger partial charge in [0.1, 0.15) is 6.04 Å². The van der Waals surface area contributed by atoms with Crippen LogP contribution in [0.3, 0.4) is 0 Å². The van der Waals surface area contributed by atoms with Crippen LogP contribution in [0.5, 0.6) is 0 Å². The number of thiophene rings is 1. The van der Waals surface area contributed by atoms with Crippen LogP contribution in [0.1, 0.15) is 23.4 Å². The fourth-order valence-corrected chi connectivity index (χ4v) is 4.23. The summed E-state index contributed by atoms with van der Waals surface area (Å²) >= 11 is 1.72. The van der Waals surface area contributed by atoms with Crippen LogP contribution < -0.4 is 10.6 Å². The molecule has 0 unspecified atom stereocenters. The Bertz CT molecular complexity index is 1060. The molecule has 4 heteroatoms. The first kappa shape index (κ1) is 18.4. The molecule has 0 aliphatic rings. The predicted octanol–water partition coefficient (Wildman–Crippen LogP) is 4.58. The smallest absolute Gasteiger partial charge is 0.282 e. The number of nitrogens with one attached hydrogen (secondary N) is 1. The number of carbonyl (C=O) groups excluding carboxylic acids is 1. The van der Waals surface area contributed by atoms with Crippen LogP contribution in [-0.4, -0.2) is 11.9 Å². The SMILES string of the molecule is C[C@@H]([NH2+][C@H](c1ccccc1)c1cccs1)C(=O)Nc1ccc2ccccc2c1.